The molecule has 0 amide bonds. The molecule has 0 aromatic heterocycles. The first kappa shape index (κ1) is 34.3. The van der Waals surface area contributed by atoms with Gasteiger partial charge in [-0.05, 0) is 94.5 Å². The molecular weight excluding hydrogens is 689 g/mol. The van der Waals surface area contributed by atoms with Crippen LogP contribution in [0.4, 0.5) is 0 Å². The van der Waals surface area contributed by atoms with Crippen molar-refractivity contribution in [3.63, 3.8) is 0 Å². The predicted molar refractivity (Wildman–Crippen MR) is 243 cm³/mol. The summed E-state index contributed by atoms with van der Waals surface area (Å²) < 4.78 is 0. The lowest BCUT2D eigenvalue weighted by Gasteiger charge is -2.22. The molecule has 0 atom stereocenters. The number of allylic oxidation sites excluding steroid dienone is 1. The largest absolute Gasteiger partial charge is 0.300 e. The number of hydrogen-bond donors (Lipinski definition) is 1. The van der Waals surface area contributed by atoms with Crippen molar-refractivity contribution in [3.8, 4) is 33.4 Å². The van der Waals surface area contributed by atoms with Crippen LogP contribution in [-0.2, 0) is 5.41 Å². The summed E-state index contributed by atoms with van der Waals surface area (Å²) in [6.07, 6.45) is 3.88. The number of fused-ring (bicyclic) bond motifs is 7. The molecule has 2 nitrogen and oxygen atoms in total. The fourth-order valence-corrected chi connectivity index (χ4v) is 8.92. The van der Waals surface area contributed by atoms with E-state index in [1.807, 2.05) is 42.6 Å². The third-order valence-corrected chi connectivity index (χ3v) is 11.8. The average Bonchev–Trinajstić information content (AvgIpc) is 3.50. The van der Waals surface area contributed by atoms with Gasteiger partial charge < -0.3 is 5.41 Å². The van der Waals surface area contributed by atoms with Crippen LogP contribution >= 0.6 is 0 Å². The summed E-state index contributed by atoms with van der Waals surface area (Å²) in [5, 5.41) is 16.4. The van der Waals surface area contributed by atoms with Crippen LogP contribution in [-0.4, -0.2) is 11.9 Å². The molecule has 0 heterocycles. The Morgan fingerprint density at radius 3 is 1.95 bits per heavy atom. The van der Waals surface area contributed by atoms with E-state index >= 15 is 0 Å². The van der Waals surface area contributed by atoms with E-state index in [1.165, 1.54) is 60.3 Å². The maximum atomic E-state index is 9.17. The van der Waals surface area contributed by atoms with Crippen LogP contribution < -0.4 is 0 Å². The van der Waals surface area contributed by atoms with Gasteiger partial charge >= 0.3 is 0 Å². The molecule has 1 N–H and O–H groups in total. The van der Waals surface area contributed by atoms with E-state index in [9.17, 15) is 0 Å². The Morgan fingerprint density at radius 2 is 1.12 bits per heavy atom. The highest BCUT2D eigenvalue weighted by molar-refractivity contribution is 6.13. The summed E-state index contributed by atoms with van der Waals surface area (Å²) in [6.45, 7) is 4.71. The van der Waals surface area contributed by atoms with Crippen molar-refractivity contribution in [1.29, 1.82) is 5.41 Å². The Morgan fingerprint density at radius 1 is 0.491 bits per heavy atom. The molecule has 10 rings (SSSR count). The van der Waals surface area contributed by atoms with Gasteiger partial charge in [0.25, 0.3) is 0 Å². The number of benzene rings is 9. The molecule has 0 fully saturated rings. The second-order valence-electron chi connectivity index (χ2n) is 15.5. The Balaban J connectivity index is 1.08. The summed E-state index contributed by atoms with van der Waals surface area (Å²) in [5.41, 5.74) is 13.9. The van der Waals surface area contributed by atoms with Crippen LogP contribution in [0.2, 0.25) is 0 Å². The number of aliphatic imine (C=N–C) groups is 1. The Hall–Kier alpha value is -7.16. The normalized spacial score (nSPS) is 13.3. The third-order valence-electron chi connectivity index (χ3n) is 11.8. The molecule has 9 aromatic carbocycles. The smallest absolute Gasteiger partial charge is 0.0729 e. The molecule has 0 radical (unpaired) electrons. The van der Waals surface area contributed by atoms with Crippen molar-refractivity contribution >= 4 is 49.9 Å². The van der Waals surface area contributed by atoms with Crippen molar-refractivity contribution in [1.82, 2.24) is 0 Å². The van der Waals surface area contributed by atoms with Gasteiger partial charge in [0.05, 0.1) is 11.4 Å². The van der Waals surface area contributed by atoms with Gasteiger partial charge in [0, 0.05) is 22.8 Å². The molecule has 0 bridgehead atoms. The number of nitrogens with one attached hydrogen (secondary N) is 1. The molecule has 0 aliphatic heterocycles. The Labute approximate surface area is 333 Å². The fraction of sp³-hybridized carbons (Fsp3) is 0.0545. The van der Waals surface area contributed by atoms with E-state index in [0.717, 1.165) is 38.9 Å². The van der Waals surface area contributed by atoms with Gasteiger partial charge in [-0.2, -0.15) is 0 Å². The SMILES string of the molecule is CC1(C)c2cc(-c3ccc(C=N/C(=C\C(=N)c4ccccc4)c4ccccc4-c4cccc5ccccc45)c4ccccc34)ccc2-c2c1ccc1ccccc21. The van der Waals surface area contributed by atoms with Crippen LogP contribution in [0.3, 0.4) is 0 Å². The molecule has 9 aromatic rings. The van der Waals surface area contributed by atoms with Crippen molar-refractivity contribution in [3.05, 3.63) is 222 Å². The highest BCUT2D eigenvalue weighted by Gasteiger charge is 2.36. The molecule has 57 heavy (non-hydrogen) atoms. The van der Waals surface area contributed by atoms with Crippen molar-refractivity contribution in [2.45, 2.75) is 19.3 Å². The van der Waals surface area contributed by atoms with Gasteiger partial charge in [0.15, 0.2) is 0 Å². The Bertz CT molecular complexity index is 3100. The minimum Gasteiger partial charge on any atom is -0.300 e. The third kappa shape index (κ3) is 5.89. The summed E-state index contributed by atoms with van der Waals surface area (Å²) >= 11 is 0. The molecule has 0 spiro atoms. The van der Waals surface area contributed by atoms with E-state index in [1.54, 1.807) is 0 Å². The monoisotopic (exact) mass is 728 g/mol. The van der Waals surface area contributed by atoms with Gasteiger partial charge in [-0.1, -0.05) is 196 Å². The molecule has 1 aliphatic rings. The predicted octanol–water partition coefficient (Wildman–Crippen LogP) is 14.3. The molecular formula is C55H40N2. The van der Waals surface area contributed by atoms with E-state index in [-0.39, 0.29) is 5.41 Å². The topological polar surface area (TPSA) is 36.2 Å². The summed E-state index contributed by atoms with van der Waals surface area (Å²) in [6, 6.07) is 66.7. The first-order valence-electron chi connectivity index (χ1n) is 19.6. The van der Waals surface area contributed by atoms with Crippen LogP contribution in [0.1, 0.15) is 41.7 Å². The second-order valence-corrected chi connectivity index (χ2v) is 15.5. The van der Waals surface area contributed by atoms with Crippen LogP contribution in [0, 0.1) is 5.41 Å². The van der Waals surface area contributed by atoms with Gasteiger partial charge in [0.2, 0.25) is 0 Å². The van der Waals surface area contributed by atoms with E-state index in [0.29, 0.717) is 5.71 Å². The van der Waals surface area contributed by atoms with E-state index in [4.69, 9.17) is 10.4 Å². The Kier molecular flexibility index (Phi) is 8.34. The maximum Gasteiger partial charge on any atom is 0.0729 e. The zero-order valence-electron chi connectivity index (χ0n) is 32.0. The van der Waals surface area contributed by atoms with Crippen molar-refractivity contribution in [2.75, 3.05) is 0 Å². The maximum absolute atomic E-state index is 9.17. The zero-order valence-corrected chi connectivity index (χ0v) is 32.0. The van der Waals surface area contributed by atoms with Crippen LogP contribution in [0.5, 0.6) is 0 Å². The zero-order chi connectivity index (χ0) is 38.5. The summed E-state index contributed by atoms with van der Waals surface area (Å²) in [7, 11) is 0. The lowest BCUT2D eigenvalue weighted by molar-refractivity contribution is 0.661. The van der Waals surface area contributed by atoms with Crippen molar-refractivity contribution < 1.29 is 0 Å². The van der Waals surface area contributed by atoms with E-state index in [2.05, 4.69) is 172 Å². The highest BCUT2D eigenvalue weighted by atomic mass is 14.7. The summed E-state index contributed by atoms with van der Waals surface area (Å²) in [4.78, 5) is 5.26. The van der Waals surface area contributed by atoms with E-state index < -0.39 is 0 Å². The fourth-order valence-electron chi connectivity index (χ4n) is 8.92. The van der Waals surface area contributed by atoms with Gasteiger partial charge in [-0.15, -0.1) is 0 Å². The van der Waals surface area contributed by atoms with Crippen LogP contribution in [0.25, 0.3) is 71.4 Å². The molecule has 270 valence electrons. The lowest BCUT2D eigenvalue weighted by Crippen LogP contribution is -2.15. The van der Waals surface area contributed by atoms with Crippen molar-refractivity contribution in [2.24, 2.45) is 4.99 Å². The minimum atomic E-state index is -0.119. The average molecular weight is 729 g/mol. The number of rotatable bonds is 7. The van der Waals surface area contributed by atoms with Gasteiger partial charge in [-0.25, -0.2) is 0 Å². The first-order chi connectivity index (χ1) is 28.0. The quantitative estimate of drug-likeness (QED) is 0.159. The first-order valence-corrected chi connectivity index (χ1v) is 19.6. The standard InChI is InChI=1S/C55H40N2/c1-55(2)50-32-29-37-16-7-9-22-44(37)54(50)49-31-27-39(33-51(49)55)43-30-28-40(42-21-10-11-23-45(42)43)35-57-53(34-52(56)38-17-4-3-5-18-38)48-25-13-12-24-47(48)46-26-14-19-36-15-6-8-20-41(36)46/h3-35,56H,1-2H3/b53-34-,56-52?,57-35?. The van der Waals surface area contributed by atoms with Gasteiger partial charge in [0.1, 0.15) is 0 Å². The lowest BCUT2D eigenvalue weighted by atomic mass is 9.81. The molecule has 2 heteroatoms. The van der Waals surface area contributed by atoms with Gasteiger partial charge in [-0.3, -0.25) is 4.99 Å². The minimum absolute atomic E-state index is 0.119. The molecule has 0 unspecified atom stereocenters. The molecule has 0 saturated heterocycles. The highest BCUT2D eigenvalue weighted by Crippen LogP contribution is 2.52. The summed E-state index contributed by atoms with van der Waals surface area (Å²) in [5.74, 6) is 0. The number of hydrogen-bond acceptors (Lipinski definition) is 2. The number of nitrogens with zero attached hydrogens (tertiary/aromatic N) is 1. The van der Waals surface area contributed by atoms with Crippen LogP contribution in [0.15, 0.2) is 199 Å². The second kappa shape index (κ2) is 13.8. The molecule has 1 aliphatic carbocycles. The molecule has 0 saturated carbocycles.